The molecule has 0 aliphatic heterocycles. The van der Waals surface area contributed by atoms with E-state index >= 15 is 0 Å². The van der Waals surface area contributed by atoms with Crippen molar-refractivity contribution in [3.05, 3.63) is 17.3 Å². The Morgan fingerprint density at radius 1 is 1.25 bits per heavy atom. The lowest BCUT2D eigenvalue weighted by molar-refractivity contribution is 1.26. The fourth-order valence-corrected chi connectivity index (χ4v) is 0.722. The van der Waals surface area contributed by atoms with Crippen molar-refractivity contribution >= 4 is 11.5 Å². The van der Waals surface area contributed by atoms with Gasteiger partial charge in [0.1, 0.15) is 18.0 Å². The van der Waals surface area contributed by atoms with Gasteiger partial charge in [0.25, 0.3) is 0 Å². The molecule has 1 heterocycles. The average Bonchev–Trinajstić information content (AvgIpc) is 2.08. The van der Waals surface area contributed by atoms with Crippen LogP contribution in [-0.4, -0.2) is 4.98 Å². The molecule has 0 spiro atoms. The number of nitrogen functional groups attached to an aromatic ring is 2. The van der Waals surface area contributed by atoms with Crippen LogP contribution in [0.15, 0.2) is 6.07 Å². The van der Waals surface area contributed by atoms with Crippen LogP contribution in [0.4, 0.5) is 11.5 Å². The van der Waals surface area contributed by atoms with Gasteiger partial charge in [0.05, 0.1) is 11.3 Å². The van der Waals surface area contributed by atoms with Gasteiger partial charge in [0.15, 0.2) is 5.69 Å². The van der Waals surface area contributed by atoms with Gasteiger partial charge in [-0.2, -0.15) is 10.5 Å². The van der Waals surface area contributed by atoms with E-state index in [1.807, 2.05) is 6.07 Å². The highest BCUT2D eigenvalue weighted by Gasteiger charge is 2.05. The average molecular weight is 159 g/mol. The molecular formula is C7H5N5. The zero-order valence-corrected chi connectivity index (χ0v) is 6.07. The zero-order valence-electron chi connectivity index (χ0n) is 6.07. The lowest BCUT2D eigenvalue weighted by atomic mass is 10.2. The van der Waals surface area contributed by atoms with Gasteiger partial charge in [-0.1, -0.05) is 0 Å². The molecule has 0 fully saturated rings. The predicted molar refractivity (Wildman–Crippen MR) is 42.5 cm³/mol. The maximum atomic E-state index is 8.50. The number of hydrogen-bond acceptors (Lipinski definition) is 5. The van der Waals surface area contributed by atoms with E-state index in [2.05, 4.69) is 4.98 Å². The number of nitrogens with two attached hydrogens (primary N) is 2. The molecule has 5 heteroatoms. The highest BCUT2D eigenvalue weighted by Crippen LogP contribution is 2.14. The van der Waals surface area contributed by atoms with Crippen LogP contribution >= 0.6 is 0 Å². The standard InChI is InChI=1S/C7H5N5/c8-2-4-1-5(10)6(3-9)12-7(4)11/h1H,10H2,(H2,11,12). The molecule has 1 aromatic rings. The number of aromatic nitrogens is 1. The second-order valence-corrected chi connectivity index (χ2v) is 2.08. The summed E-state index contributed by atoms with van der Waals surface area (Å²) < 4.78 is 0. The summed E-state index contributed by atoms with van der Waals surface area (Å²) >= 11 is 0. The van der Waals surface area contributed by atoms with Gasteiger partial charge in [-0.25, -0.2) is 4.98 Å². The fourth-order valence-electron chi connectivity index (χ4n) is 0.722. The van der Waals surface area contributed by atoms with Crippen molar-refractivity contribution in [1.82, 2.24) is 4.98 Å². The fraction of sp³-hybridized carbons (Fsp3) is 0. The number of hydrogen-bond donors (Lipinski definition) is 2. The van der Waals surface area contributed by atoms with Gasteiger partial charge in [-0.3, -0.25) is 0 Å². The van der Waals surface area contributed by atoms with E-state index in [-0.39, 0.29) is 22.8 Å². The first kappa shape index (κ1) is 7.83. The summed E-state index contributed by atoms with van der Waals surface area (Å²) in [6, 6.07) is 4.91. The Morgan fingerprint density at radius 3 is 2.42 bits per heavy atom. The summed E-state index contributed by atoms with van der Waals surface area (Å²) in [6.45, 7) is 0. The lowest BCUT2D eigenvalue weighted by Crippen LogP contribution is -2.01. The van der Waals surface area contributed by atoms with Crippen molar-refractivity contribution in [3.8, 4) is 12.1 Å². The molecule has 58 valence electrons. The van der Waals surface area contributed by atoms with E-state index in [0.717, 1.165) is 0 Å². The molecule has 1 aromatic heterocycles. The van der Waals surface area contributed by atoms with Crippen LogP contribution in [0.3, 0.4) is 0 Å². The zero-order chi connectivity index (χ0) is 9.14. The summed E-state index contributed by atoms with van der Waals surface area (Å²) in [5, 5.41) is 17.0. The van der Waals surface area contributed by atoms with E-state index < -0.39 is 0 Å². The van der Waals surface area contributed by atoms with Crippen molar-refractivity contribution in [2.24, 2.45) is 0 Å². The lowest BCUT2D eigenvalue weighted by Gasteiger charge is -1.99. The molecule has 4 N–H and O–H groups in total. The molecule has 0 saturated carbocycles. The van der Waals surface area contributed by atoms with Crippen molar-refractivity contribution in [1.29, 1.82) is 10.5 Å². The van der Waals surface area contributed by atoms with Crippen LogP contribution in [0.1, 0.15) is 11.3 Å². The first-order chi connectivity index (χ1) is 5.69. The minimum absolute atomic E-state index is 0.0308. The Balaban J connectivity index is 3.41. The molecule has 0 aliphatic carbocycles. The quantitative estimate of drug-likeness (QED) is 0.552. The Hall–Kier alpha value is -2.27. The van der Waals surface area contributed by atoms with Crippen molar-refractivity contribution in [2.75, 3.05) is 11.5 Å². The van der Waals surface area contributed by atoms with Crippen LogP contribution in [-0.2, 0) is 0 Å². The highest BCUT2D eigenvalue weighted by atomic mass is 14.9. The van der Waals surface area contributed by atoms with Crippen LogP contribution in [0, 0.1) is 22.7 Å². The van der Waals surface area contributed by atoms with Crippen molar-refractivity contribution in [2.45, 2.75) is 0 Å². The molecule has 0 unspecified atom stereocenters. The maximum absolute atomic E-state index is 8.50. The first-order valence-electron chi connectivity index (χ1n) is 3.05. The van der Waals surface area contributed by atoms with Gasteiger partial charge in [-0.05, 0) is 6.07 Å². The van der Waals surface area contributed by atoms with Gasteiger partial charge in [0.2, 0.25) is 0 Å². The number of pyridine rings is 1. The molecule has 5 nitrogen and oxygen atoms in total. The van der Waals surface area contributed by atoms with E-state index in [4.69, 9.17) is 22.0 Å². The number of nitriles is 2. The second kappa shape index (κ2) is 2.77. The molecule has 0 bridgehead atoms. The monoisotopic (exact) mass is 159 g/mol. The largest absolute Gasteiger partial charge is 0.396 e. The van der Waals surface area contributed by atoms with Gasteiger partial charge >= 0.3 is 0 Å². The summed E-state index contributed by atoms with van der Waals surface area (Å²) in [6.07, 6.45) is 0. The molecule has 1 rings (SSSR count). The van der Waals surface area contributed by atoms with Crippen molar-refractivity contribution in [3.63, 3.8) is 0 Å². The first-order valence-corrected chi connectivity index (χ1v) is 3.05. The normalized spacial score (nSPS) is 8.50. The number of nitrogens with zero attached hydrogens (tertiary/aromatic N) is 3. The van der Waals surface area contributed by atoms with Crippen LogP contribution in [0.2, 0.25) is 0 Å². The summed E-state index contributed by atoms with van der Waals surface area (Å²) in [5.41, 5.74) is 11.1. The molecule has 0 atom stereocenters. The molecule has 12 heavy (non-hydrogen) atoms. The summed E-state index contributed by atoms with van der Waals surface area (Å²) in [5.74, 6) is 0.0308. The van der Waals surface area contributed by atoms with E-state index in [9.17, 15) is 0 Å². The highest BCUT2D eigenvalue weighted by molar-refractivity contribution is 5.61. The van der Waals surface area contributed by atoms with Crippen molar-refractivity contribution < 1.29 is 0 Å². The summed E-state index contributed by atoms with van der Waals surface area (Å²) in [4.78, 5) is 3.63. The van der Waals surface area contributed by atoms with Crippen LogP contribution < -0.4 is 11.5 Å². The number of anilines is 2. The van der Waals surface area contributed by atoms with Gasteiger partial charge in [0, 0.05) is 0 Å². The maximum Gasteiger partial charge on any atom is 0.165 e. The molecule has 0 saturated heterocycles. The third-order valence-electron chi connectivity index (χ3n) is 1.31. The predicted octanol–water partition coefficient (Wildman–Crippen LogP) is -0.0106. The van der Waals surface area contributed by atoms with Gasteiger partial charge < -0.3 is 11.5 Å². The summed E-state index contributed by atoms with van der Waals surface area (Å²) in [7, 11) is 0. The topological polar surface area (TPSA) is 113 Å². The molecule has 0 aliphatic rings. The smallest absolute Gasteiger partial charge is 0.165 e. The van der Waals surface area contributed by atoms with Gasteiger partial charge in [-0.15, -0.1) is 0 Å². The third kappa shape index (κ3) is 1.11. The third-order valence-corrected chi connectivity index (χ3v) is 1.31. The Kier molecular flexibility index (Phi) is 1.81. The Morgan fingerprint density at radius 2 is 1.92 bits per heavy atom. The van der Waals surface area contributed by atoms with Crippen LogP contribution in [0.25, 0.3) is 0 Å². The molecule has 0 amide bonds. The van der Waals surface area contributed by atoms with E-state index in [0.29, 0.717) is 0 Å². The van der Waals surface area contributed by atoms with Crippen LogP contribution in [0.5, 0.6) is 0 Å². The minimum atomic E-state index is 0.0308. The Bertz CT molecular complexity index is 356. The molecular weight excluding hydrogens is 154 g/mol. The Labute approximate surface area is 68.8 Å². The second-order valence-electron chi connectivity index (χ2n) is 2.08. The SMILES string of the molecule is N#Cc1cc(N)c(C#N)nc1N. The molecule has 0 radical (unpaired) electrons. The van der Waals surface area contributed by atoms with E-state index in [1.54, 1.807) is 6.07 Å². The number of rotatable bonds is 0. The molecule has 0 aromatic carbocycles. The van der Waals surface area contributed by atoms with E-state index in [1.165, 1.54) is 6.07 Å². The minimum Gasteiger partial charge on any atom is -0.396 e.